The van der Waals surface area contributed by atoms with Crippen molar-refractivity contribution in [3.63, 3.8) is 0 Å². The first-order valence-electron chi connectivity index (χ1n) is 5.38. The Bertz CT molecular complexity index is 224. The molecule has 80 valence electrons. The Labute approximate surface area is 84.3 Å². The lowest BCUT2D eigenvalue weighted by Gasteiger charge is -2.45. The second kappa shape index (κ2) is 3.87. The molecule has 14 heavy (non-hydrogen) atoms. The number of piperidine rings is 3. The van der Waals surface area contributed by atoms with Gasteiger partial charge in [0.25, 0.3) is 0 Å². The third-order valence-corrected chi connectivity index (χ3v) is 3.49. The van der Waals surface area contributed by atoms with Gasteiger partial charge in [-0.05, 0) is 38.8 Å². The molecule has 3 aliphatic rings. The van der Waals surface area contributed by atoms with Crippen LogP contribution >= 0.6 is 0 Å². The van der Waals surface area contributed by atoms with E-state index in [4.69, 9.17) is 5.11 Å². The van der Waals surface area contributed by atoms with Crippen LogP contribution in [0.25, 0.3) is 0 Å². The number of hydrogen-bond acceptors (Lipinski definition) is 3. The quantitative estimate of drug-likeness (QED) is 0.677. The normalized spacial score (nSPS) is 38.2. The summed E-state index contributed by atoms with van der Waals surface area (Å²) in [6.07, 6.45) is 2.45. The van der Waals surface area contributed by atoms with E-state index in [1.165, 1.54) is 25.9 Å². The van der Waals surface area contributed by atoms with Gasteiger partial charge in [-0.3, -0.25) is 4.79 Å². The van der Waals surface area contributed by atoms with Crippen LogP contribution in [0.3, 0.4) is 0 Å². The van der Waals surface area contributed by atoms with Crippen molar-refractivity contribution < 1.29 is 9.90 Å². The van der Waals surface area contributed by atoms with Gasteiger partial charge >= 0.3 is 5.97 Å². The van der Waals surface area contributed by atoms with Crippen molar-refractivity contribution in [1.82, 2.24) is 10.2 Å². The molecule has 0 amide bonds. The van der Waals surface area contributed by atoms with Crippen molar-refractivity contribution in [2.45, 2.75) is 31.8 Å². The highest BCUT2D eigenvalue weighted by atomic mass is 16.4. The molecular weight excluding hydrogens is 180 g/mol. The van der Waals surface area contributed by atoms with Crippen LogP contribution in [0.2, 0.25) is 0 Å². The summed E-state index contributed by atoms with van der Waals surface area (Å²) in [5, 5.41) is 12.0. The van der Waals surface area contributed by atoms with E-state index in [0.717, 1.165) is 6.54 Å². The molecule has 3 saturated heterocycles. The lowest BCUT2D eigenvalue weighted by molar-refractivity contribution is -0.139. The maximum absolute atomic E-state index is 10.7. The van der Waals surface area contributed by atoms with E-state index < -0.39 is 12.0 Å². The molecule has 4 heteroatoms. The summed E-state index contributed by atoms with van der Waals surface area (Å²) in [5.41, 5.74) is 0. The molecule has 2 N–H and O–H groups in total. The lowest BCUT2D eigenvalue weighted by Crippen LogP contribution is -2.58. The molecule has 0 aromatic heterocycles. The van der Waals surface area contributed by atoms with Gasteiger partial charge in [-0.1, -0.05) is 0 Å². The zero-order valence-corrected chi connectivity index (χ0v) is 8.57. The van der Waals surface area contributed by atoms with E-state index in [-0.39, 0.29) is 0 Å². The van der Waals surface area contributed by atoms with Crippen molar-refractivity contribution in [3.05, 3.63) is 0 Å². The van der Waals surface area contributed by atoms with Gasteiger partial charge in [0.1, 0.15) is 6.04 Å². The molecule has 0 radical (unpaired) electrons. The van der Waals surface area contributed by atoms with Gasteiger partial charge in [0.2, 0.25) is 0 Å². The summed E-state index contributed by atoms with van der Waals surface area (Å²) >= 11 is 0. The Morgan fingerprint density at radius 2 is 2.14 bits per heavy atom. The van der Waals surface area contributed by atoms with Crippen LogP contribution in [0.4, 0.5) is 0 Å². The van der Waals surface area contributed by atoms with Crippen LogP contribution < -0.4 is 5.32 Å². The molecule has 0 saturated carbocycles. The first-order valence-corrected chi connectivity index (χ1v) is 5.38. The van der Waals surface area contributed by atoms with Gasteiger partial charge in [-0.25, -0.2) is 0 Å². The summed E-state index contributed by atoms with van der Waals surface area (Å²) in [6.45, 7) is 5.15. The van der Waals surface area contributed by atoms with Gasteiger partial charge < -0.3 is 15.3 Å². The molecule has 0 spiro atoms. The number of aliphatic carboxylic acids is 1. The Balaban J connectivity index is 1.89. The van der Waals surface area contributed by atoms with Crippen molar-refractivity contribution in [2.24, 2.45) is 5.92 Å². The third-order valence-electron chi connectivity index (χ3n) is 3.49. The average Bonchev–Trinajstić information content (AvgIpc) is 2.19. The van der Waals surface area contributed by atoms with Crippen LogP contribution in [0.5, 0.6) is 0 Å². The van der Waals surface area contributed by atoms with Crippen molar-refractivity contribution in [2.75, 3.05) is 19.6 Å². The fourth-order valence-corrected chi connectivity index (χ4v) is 2.55. The number of carboxylic acids is 1. The summed E-state index contributed by atoms with van der Waals surface area (Å²) in [7, 11) is 0. The van der Waals surface area contributed by atoms with E-state index in [1.54, 1.807) is 6.92 Å². The summed E-state index contributed by atoms with van der Waals surface area (Å²) in [5.74, 6) is -0.0525. The zero-order valence-electron chi connectivity index (χ0n) is 8.57. The van der Waals surface area contributed by atoms with Crippen molar-refractivity contribution in [1.29, 1.82) is 0 Å². The van der Waals surface area contributed by atoms with E-state index in [2.05, 4.69) is 10.2 Å². The summed E-state index contributed by atoms with van der Waals surface area (Å²) < 4.78 is 0. The minimum absolute atomic E-state index is 0.392. The highest BCUT2D eigenvalue weighted by molar-refractivity contribution is 5.72. The highest BCUT2D eigenvalue weighted by Crippen LogP contribution is 2.27. The van der Waals surface area contributed by atoms with Gasteiger partial charge in [-0.2, -0.15) is 0 Å². The number of nitrogens with zero attached hydrogens (tertiary/aromatic N) is 1. The predicted molar refractivity (Wildman–Crippen MR) is 53.2 cm³/mol. The van der Waals surface area contributed by atoms with Crippen molar-refractivity contribution >= 4 is 5.97 Å². The zero-order chi connectivity index (χ0) is 10.1. The summed E-state index contributed by atoms with van der Waals surface area (Å²) in [6, 6.07) is -0.0239. The average molecular weight is 198 g/mol. The molecule has 2 unspecified atom stereocenters. The van der Waals surface area contributed by atoms with E-state index in [1.807, 2.05) is 0 Å². The fraction of sp³-hybridized carbons (Fsp3) is 0.900. The molecular formula is C10H18N2O2. The number of carboxylic acid groups (broad SMARTS) is 1. The minimum Gasteiger partial charge on any atom is -0.480 e. The number of hydrogen-bond donors (Lipinski definition) is 2. The van der Waals surface area contributed by atoms with Crippen LogP contribution in [0, 0.1) is 5.92 Å². The molecule has 0 aliphatic carbocycles. The van der Waals surface area contributed by atoms with Crippen LogP contribution in [0.15, 0.2) is 0 Å². The second-order valence-corrected chi connectivity index (χ2v) is 4.47. The third kappa shape index (κ3) is 1.91. The van der Waals surface area contributed by atoms with Crippen LogP contribution in [-0.2, 0) is 4.79 Å². The largest absolute Gasteiger partial charge is 0.480 e. The molecule has 0 aromatic carbocycles. The molecule has 0 aromatic rings. The van der Waals surface area contributed by atoms with Gasteiger partial charge in [0.05, 0.1) is 0 Å². The van der Waals surface area contributed by atoms with Crippen LogP contribution in [0.1, 0.15) is 19.8 Å². The van der Waals surface area contributed by atoms with Gasteiger partial charge in [-0.15, -0.1) is 0 Å². The minimum atomic E-state index is -0.749. The number of fused-ring (bicyclic) bond motifs is 3. The molecule has 3 heterocycles. The second-order valence-electron chi connectivity index (χ2n) is 4.47. The van der Waals surface area contributed by atoms with Gasteiger partial charge in [0, 0.05) is 12.6 Å². The standard InChI is InChI=1S/C10H18N2O2/c1-7(10(13)14)11-9-6-12-4-2-8(9)3-5-12/h7-9,11H,2-6H2,1H3,(H,13,14). The van der Waals surface area contributed by atoms with E-state index in [0.29, 0.717) is 12.0 Å². The monoisotopic (exact) mass is 198 g/mol. The summed E-state index contributed by atoms with van der Waals surface area (Å²) in [4.78, 5) is 13.1. The number of carbonyl (C=O) groups is 1. The Morgan fingerprint density at radius 1 is 1.50 bits per heavy atom. The Morgan fingerprint density at radius 3 is 2.57 bits per heavy atom. The maximum Gasteiger partial charge on any atom is 0.320 e. The molecule has 3 rings (SSSR count). The van der Waals surface area contributed by atoms with E-state index in [9.17, 15) is 4.79 Å². The van der Waals surface area contributed by atoms with Crippen molar-refractivity contribution in [3.8, 4) is 0 Å². The first-order chi connectivity index (χ1) is 6.66. The topological polar surface area (TPSA) is 52.6 Å². The molecule has 3 aliphatic heterocycles. The Kier molecular flexibility index (Phi) is 2.74. The molecule has 2 atom stereocenters. The van der Waals surface area contributed by atoms with Gasteiger partial charge in [0.15, 0.2) is 0 Å². The smallest absolute Gasteiger partial charge is 0.320 e. The number of nitrogens with one attached hydrogen (secondary N) is 1. The molecule has 3 fully saturated rings. The molecule has 4 nitrogen and oxygen atoms in total. The van der Waals surface area contributed by atoms with E-state index >= 15 is 0 Å². The first kappa shape index (κ1) is 9.93. The Hall–Kier alpha value is -0.610. The number of rotatable bonds is 3. The fourth-order valence-electron chi connectivity index (χ4n) is 2.55. The van der Waals surface area contributed by atoms with Crippen LogP contribution in [-0.4, -0.2) is 47.7 Å². The SMILES string of the molecule is CC(NC1CN2CCC1CC2)C(=O)O. The molecule has 2 bridgehead atoms. The highest BCUT2D eigenvalue weighted by Gasteiger charge is 2.35. The lowest BCUT2D eigenvalue weighted by atomic mass is 9.84. The predicted octanol–water partition coefficient (Wildman–Crippen LogP) is 0.143. The maximum atomic E-state index is 10.7.